The average molecular weight is 376 g/mol. The van der Waals surface area contributed by atoms with Crippen molar-refractivity contribution in [2.45, 2.75) is 71.4 Å². The highest BCUT2D eigenvalue weighted by Crippen LogP contribution is 2.43. The van der Waals surface area contributed by atoms with Crippen molar-refractivity contribution in [2.75, 3.05) is 0 Å². The van der Waals surface area contributed by atoms with E-state index in [0.717, 1.165) is 36.8 Å². The number of allylic oxidation sites excluding steroid dienone is 2. The number of rotatable bonds is 5. The fraction of sp³-hybridized carbons (Fsp3) is 0.591. The summed E-state index contributed by atoms with van der Waals surface area (Å²) >= 11 is 0. The van der Waals surface area contributed by atoms with Crippen LogP contribution in [0.25, 0.3) is 0 Å². The first-order valence-corrected chi connectivity index (χ1v) is 9.58. The lowest BCUT2D eigenvalue weighted by atomic mass is 9.74. The van der Waals surface area contributed by atoms with Crippen molar-refractivity contribution in [2.24, 2.45) is 11.8 Å². The molecule has 0 fully saturated rings. The maximum atomic E-state index is 11.5. The van der Waals surface area contributed by atoms with Gasteiger partial charge in [0.2, 0.25) is 6.29 Å². The molecular formula is C22H32O5. The second-order valence-corrected chi connectivity index (χ2v) is 7.76. The van der Waals surface area contributed by atoms with Gasteiger partial charge in [0.15, 0.2) is 0 Å². The van der Waals surface area contributed by atoms with Gasteiger partial charge in [-0.15, -0.1) is 0 Å². The van der Waals surface area contributed by atoms with Crippen LogP contribution in [0.5, 0.6) is 0 Å². The number of aliphatic hydroxyl groups excluding tert-OH is 2. The summed E-state index contributed by atoms with van der Waals surface area (Å²) in [5.74, 6) is -0.690. The summed E-state index contributed by atoms with van der Waals surface area (Å²) < 4.78 is 11.1. The van der Waals surface area contributed by atoms with Crippen molar-refractivity contribution in [3.63, 3.8) is 0 Å². The van der Waals surface area contributed by atoms with Gasteiger partial charge in [-0.2, -0.15) is 0 Å². The number of hydrogen-bond acceptors (Lipinski definition) is 5. The molecule has 5 unspecified atom stereocenters. The summed E-state index contributed by atoms with van der Waals surface area (Å²) in [5, 5.41) is 20.9. The fourth-order valence-corrected chi connectivity index (χ4v) is 3.83. The van der Waals surface area contributed by atoms with Crippen LogP contribution in [-0.4, -0.2) is 34.7 Å². The van der Waals surface area contributed by atoms with Crippen LogP contribution in [0.1, 0.15) is 52.9 Å². The van der Waals surface area contributed by atoms with Crippen LogP contribution >= 0.6 is 0 Å². The summed E-state index contributed by atoms with van der Waals surface area (Å²) in [5.41, 5.74) is 3.59. The molecule has 1 heterocycles. The van der Waals surface area contributed by atoms with Gasteiger partial charge in [0.05, 0.1) is 24.4 Å². The second kappa shape index (κ2) is 9.38. The van der Waals surface area contributed by atoms with E-state index in [-0.39, 0.29) is 18.3 Å². The molecule has 0 aromatic carbocycles. The van der Waals surface area contributed by atoms with Crippen LogP contribution in [0.3, 0.4) is 0 Å². The molecule has 0 radical (unpaired) electrons. The zero-order valence-electron chi connectivity index (χ0n) is 16.6. The number of esters is 1. The van der Waals surface area contributed by atoms with E-state index in [2.05, 4.69) is 26.2 Å². The Hall–Kier alpha value is -1.85. The third-order valence-electron chi connectivity index (χ3n) is 5.45. The largest absolute Gasteiger partial charge is 0.462 e. The van der Waals surface area contributed by atoms with E-state index >= 15 is 0 Å². The topological polar surface area (TPSA) is 76.0 Å². The van der Waals surface area contributed by atoms with Crippen LogP contribution in [0.15, 0.2) is 47.8 Å². The lowest BCUT2D eigenvalue weighted by molar-refractivity contribution is -0.181. The Morgan fingerprint density at radius 3 is 2.70 bits per heavy atom. The Morgan fingerprint density at radius 2 is 2.07 bits per heavy atom. The molecule has 0 saturated carbocycles. The van der Waals surface area contributed by atoms with E-state index in [0.29, 0.717) is 5.57 Å². The predicted molar refractivity (Wildman–Crippen MR) is 105 cm³/mol. The number of aliphatic hydroxyl groups is 2. The Morgan fingerprint density at radius 1 is 1.37 bits per heavy atom. The molecule has 0 aromatic rings. The number of ether oxygens (including phenoxy) is 2. The molecule has 0 saturated heterocycles. The number of hydrogen-bond donors (Lipinski definition) is 2. The summed E-state index contributed by atoms with van der Waals surface area (Å²) in [7, 11) is 0. The number of fused-ring (bicyclic) bond motifs is 1. The number of carbonyl (C=O) groups is 1. The van der Waals surface area contributed by atoms with Crippen LogP contribution in [0.4, 0.5) is 0 Å². The van der Waals surface area contributed by atoms with E-state index in [1.165, 1.54) is 18.8 Å². The Balaban J connectivity index is 2.34. The third-order valence-corrected chi connectivity index (χ3v) is 5.45. The second-order valence-electron chi connectivity index (χ2n) is 7.76. The van der Waals surface area contributed by atoms with E-state index in [4.69, 9.17) is 9.47 Å². The van der Waals surface area contributed by atoms with Gasteiger partial charge in [-0.05, 0) is 51.0 Å². The standard InChI is InChI=1S/C22H32O5/c1-13(2)19(24)11-20(25)18-12-26-22(27-16(5)23)21-15(4)8-6-7-14(3)9-10-17(18)21/h7,12,17,19-22,24-25H,1,4,6,8-11H2,2-3,5H3. The van der Waals surface area contributed by atoms with Crippen LogP contribution < -0.4 is 0 Å². The molecular weight excluding hydrogens is 344 g/mol. The first-order chi connectivity index (χ1) is 12.7. The molecule has 1 aliphatic heterocycles. The predicted octanol–water partition coefficient (Wildman–Crippen LogP) is 3.79. The third kappa shape index (κ3) is 5.56. The molecule has 5 heteroatoms. The summed E-state index contributed by atoms with van der Waals surface area (Å²) in [6.07, 6.45) is 4.84. The van der Waals surface area contributed by atoms with Gasteiger partial charge in [0.25, 0.3) is 0 Å². The molecule has 2 rings (SSSR count). The zero-order valence-corrected chi connectivity index (χ0v) is 16.6. The minimum absolute atomic E-state index is 0.0654. The quantitative estimate of drug-likeness (QED) is 0.564. The van der Waals surface area contributed by atoms with Crippen molar-refractivity contribution >= 4 is 5.97 Å². The summed E-state index contributed by atoms with van der Waals surface area (Å²) in [6, 6.07) is 0. The molecule has 27 heavy (non-hydrogen) atoms. The normalized spacial score (nSPS) is 28.2. The molecule has 150 valence electrons. The fourth-order valence-electron chi connectivity index (χ4n) is 3.83. The van der Waals surface area contributed by atoms with Gasteiger partial charge in [-0.25, -0.2) is 0 Å². The van der Waals surface area contributed by atoms with Gasteiger partial charge in [-0.1, -0.05) is 36.0 Å². The minimum Gasteiger partial charge on any atom is -0.462 e. The average Bonchev–Trinajstić information content (AvgIpc) is 2.65. The maximum absolute atomic E-state index is 11.5. The molecule has 0 amide bonds. The lowest BCUT2D eigenvalue weighted by Gasteiger charge is -2.40. The Bertz CT molecular complexity index is 645. The monoisotopic (exact) mass is 376 g/mol. The van der Waals surface area contributed by atoms with Crippen LogP contribution in [0, 0.1) is 11.8 Å². The molecule has 0 bridgehead atoms. The van der Waals surface area contributed by atoms with Crippen molar-refractivity contribution in [1.29, 1.82) is 0 Å². The molecule has 1 aliphatic carbocycles. The van der Waals surface area contributed by atoms with Crippen molar-refractivity contribution < 1.29 is 24.5 Å². The highest BCUT2D eigenvalue weighted by atomic mass is 16.7. The number of carbonyl (C=O) groups excluding carboxylic acids is 1. The van der Waals surface area contributed by atoms with Crippen molar-refractivity contribution in [3.05, 3.63) is 47.8 Å². The van der Waals surface area contributed by atoms with Crippen molar-refractivity contribution in [3.8, 4) is 0 Å². The minimum atomic E-state index is -0.861. The Kier molecular flexibility index (Phi) is 7.45. The van der Waals surface area contributed by atoms with E-state index in [1.54, 1.807) is 6.92 Å². The van der Waals surface area contributed by atoms with Crippen LogP contribution in [-0.2, 0) is 14.3 Å². The Labute approximate surface area is 162 Å². The van der Waals surface area contributed by atoms with Gasteiger partial charge in [0, 0.05) is 13.3 Å². The highest BCUT2D eigenvalue weighted by molar-refractivity contribution is 5.66. The molecule has 0 spiro atoms. The summed E-state index contributed by atoms with van der Waals surface area (Å²) in [4.78, 5) is 11.5. The van der Waals surface area contributed by atoms with Gasteiger partial charge in [0.1, 0.15) is 0 Å². The molecule has 5 nitrogen and oxygen atoms in total. The van der Waals surface area contributed by atoms with Crippen LogP contribution in [0.2, 0.25) is 0 Å². The smallest absolute Gasteiger partial charge is 0.305 e. The highest BCUT2D eigenvalue weighted by Gasteiger charge is 2.42. The van der Waals surface area contributed by atoms with E-state index in [9.17, 15) is 15.0 Å². The van der Waals surface area contributed by atoms with E-state index in [1.807, 2.05) is 0 Å². The summed E-state index contributed by atoms with van der Waals surface area (Å²) in [6.45, 7) is 13.2. The molecule has 2 N–H and O–H groups in total. The maximum Gasteiger partial charge on any atom is 0.305 e. The molecule has 5 atom stereocenters. The van der Waals surface area contributed by atoms with E-state index < -0.39 is 24.5 Å². The van der Waals surface area contributed by atoms with Gasteiger partial charge < -0.3 is 19.7 Å². The first-order valence-electron chi connectivity index (χ1n) is 9.58. The lowest BCUT2D eigenvalue weighted by Crippen LogP contribution is -2.41. The molecule has 2 aliphatic rings. The van der Waals surface area contributed by atoms with Crippen molar-refractivity contribution in [1.82, 2.24) is 0 Å². The van der Waals surface area contributed by atoms with Gasteiger partial charge in [-0.3, -0.25) is 4.79 Å². The molecule has 0 aromatic heterocycles. The SMILES string of the molecule is C=C(C)C(O)CC(O)C1=COC(OC(C)=O)C2C(=C)CCC=C(C)CCC12. The first kappa shape index (κ1) is 21.5. The van der Waals surface area contributed by atoms with Gasteiger partial charge >= 0.3 is 5.97 Å². The zero-order chi connectivity index (χ0) is 20.1.